The van der Waals surface area contributed by atoms with E-state index < -0.39 is 0 Å². The number of rotatable bonds is 6. The zero-order chi connectivity index (χ0) is 11.1. The summed E-state index contributed by atoms with van der Waals surface area (Å²) in [6, 6.07) is 3.46. The molecule has 0 saturated heterocycles. The molecule has 0 fully saturated rings. The monoisotopic (exact) mass is 209 g/mol. The molecule has 0 aliphatic heterocycles. The third-order valence-electron chi connectivity index (χ3n) is 1.93. The average molecular weight is 209 g/mol. The van der Waals surface area contributed by atoms with Crippen molar-refractivity contribution < 1.29 is 14.3 Å². The second kappa shape index (κ2) is 6.14. The Balaban J connectivity index is 2.64. The largest absolute Gasteiger partial charge is 0.494 e. The molecule has 0 saturated carbocycles. The van der Waals surface area contributed by atoms with E-state index in [-0.39, 0.29) is 5.78 Å². The first-order valence-electron chi connectivity index (χ1n) is 4.89. The number of carbonyl (C=O) groups excluding carboxylic acids is 1. The van der Waals surface area contributed by atoms with Gasteiger partial charge in [-0.3, -0.25) is 4.79 Å². The summed E-state index contributed by atoms with van der Waals surface area (Å²) in [5.74, 6) is 0.458. The highest BCUT2D eigenvalue weighted by Gasteiger charge is 2.12. The second-order valence-electron chi connectivity index (χ2n) is 2.92. The number of Topliss-reactive ketones (excluding diaryl/α,β-unsaturated/α-hetero) is 1. The fourth-order valence-corrected chi connectivity index (χ4v) is 1.19. The lowest BCUT2D eigenvalue weighted by atomic mass is 10.2. The van der Waals surface area contributed by atoms with Crippen molar-refractivity contribution in [2.75, 3.05) is 20.3 Å². The van der Waals surface area contributed by atoms with Crippen molar-refractivity contribution in [1.29, 1.82) is 0 Å². The number of carbonyl (C=O) groups is 1. The fraction of sp³-hybridized carbons (Fsp3) is 0.455. The summed E-state index contributed by atoms with van der Waals surface area (Å²) < 4.78 is 10.2. The lowest BCUT2D eigenvalue weighted by molar-refractivity contribution is 0.0888. The summed E-state index contributed by atoms with van der Waals surface area (Å²) in [6.07, 6.45) is 1.91. The van der Waals surface area contributed by atoms with Crippen molar-refractivity contribution in [2.45, 2.75) is 13.3 Å². The molecule has 1 rings (SSSR count). The van der Waals surface area contributed by atoms with Crippen LogP contribution in [0.4, 0.5) is 0 Å². The molecular weight excluding hydrogens is 194 g/mol. The molecule has 15 heavy (non-hydrogen) atoms. The van der Waals surface area contributed by atoms with Gasteiger partial charge < -0.3 is 9.47 Å². The number of ether oxygens (including phenoxy) is 2. The van der Waals surface area contributed by atoms with Gasteiger partial charge in [0.1, 0.15) is 11.4 Å². The highest BCUT2D eigenvalue weighted by Crippen LogP contribution is 2.15. The van der Waals surface area contributed by atoms with Gasteiger partial charge in [0.05, 0.1) is 13.7 Å². The summed E-state index contributed by atoms with van der Waals surface area (Å²) in [6.45, 7) is 2.94. The maximum atomic E-state index is 11.7. The van der Waals surface area contributed by atoms with Gasteiger partial charge in [-0.25, -0.2) is 4.98 Å². The molecule has 1 aromatic rings. The van der Waals surface area contributed by atoms with E-state index in [4.69, 9.17) is 9.47 Å². The summed E-state index contributed by atoms with van der Waals surface area (Å²) in [4.78, 5) is 15.7. The predicted octanol–water partition coefficient (Wildman–Crippen LogP) is 1.70. The first kappa shape index (κ1) is 11.7. The highest BCUT2D eigenvalue weighted by molar-refractivity contribution is 5.96. The lowest BCUT2D eigenvalue weighted by Gasteiger charge is -2.05. The Morgan fingerprint density at radius 2 is 2.33 bits per heavy atom. The Morgan fingerprint density at radius 1 is 1.53 bits per heavy atom. The van der Waals surface area contributed by atoms with Crippen LogP contribution in [0.3, 0.4) is 0 Å². The number of ketones is 1. The van der Waals surface area contributed by atoms with Gasteiger partial charge in [0.25, 0.3) is 0 Å². The number of pyridine rings is 1. The standard InChI is InChI=1S/C11H15NO3/c1-3-15-8-6-9(13)11-10(14-2)5-4-7-12-11/h4-5,7H,3,6,8H2,1-2H3. The Kier molecular flexibility index (Phi) is 4.77. The smallest absolute Gasteiger partial charge is 0.187 e. The second-order valence-corrected chi connectivity index (χ2v) is 2.92. The highest BCUT2D eigenvalue weighted by atomic mass is 16.5. The van der Waals surface area contributed by atoms with Crippen LogP contribution in [0, 0.1) is 0 Å². The van der Waals surface area contributed by atoms with E-state index in [9.17, 15) is 4.79 Å². The fourth-order valence-electron chi connectivity index (χ4n) is 1.19. The summed E-state index contributed by atoms with van der Waals surface area (Å²) in [5, 5.41) is 0. The predicted molar refractivity (Wildman–Crippen MR) is 56.2 cm³/mol. The number of hydrogen-bond acceptors (Lipinski definition) is 4. The van der Waals surface area contributed by atoms with Crippen LogP contribution in [0.1, 0.15) is 23.8 Å². The molecule has 4 nitrogen and oxygen atoms in total. The van der Waals surface area contributed by atoms with E-state index in [0.29, 0.717) is 31.1 Å². The van der Waals surface area contributed by atoms with Crippen LogP contribution in [0.2, 0.25) is 0 Å². The molecular formula is C11H15NO3. The van der Waals surface area contributed by atoms with E-state index in [1.807, 2.05) is 6.92 Å². The SMILES string of the molecule is CCOCCC(=O)c1ncccc1OC. The van der Waals surface area contributed by atoms with Crippen LogP contribution in [0.15, 0.2) is 18.3 Å². The quantitative estimate of drug-likeness (QED) is 0.528. The van der Waals surface area contributed by atoms with E-state index in [1.54, 1.807) is 18.3 Å². The third kappa shape index (κ3) is 3.32. The molecule has 1 heterocycles. The topological polar surface area (TPSA) is 48.4 Å². The van der Waals surface area contributed by atoms with E-state index in [0.717, 1.165) is 0 Å². The van der Waals surface area contributed by atoms with Crippen LogP contribution >= 0.6 is 0 Å². The van der Waals surface area contributed by atoms with Crippen molar-refractivity contribution in [1.82, 2.24) is 4.98 Å². The van der Waals surface area contributed by atoms with Crippen LogP contribution in [-0.4, -0.2) is 31.1 Å². The minimum absolute atomic E-state index is 0.0547. The normalized spacial score (nSPS) is 10.0. The van der Waals surface area contributed by atoms with Gasteiger partial charge >= 0.3 is 0 Å². The van der Waals surface area contributed by atoms with Crippen molar-refractivity contribution in [3.05, 3.63) is 24.0 Å². The molecule has 0 unspecified atom stereocenters. The minimum atomic E-state index is -0.0547. The Morgan fingerprint density at radius 3 is 3.00 bits per heavy atom. The van der Waals surface area contributed by atoms with E-state index in [1.165, 1.54) is 7.11 Å². The Hall–Kier alpha value is -1.42. The molecule has 0 spiro atoms. The van der Waals surface area contributed by atoms with Gasteiger partial charge in [-0.15, -0.1) is 0 Å². The maximum absolute atomic E-state index is 11.7. The molecule has 0 aliphatic carbocycles. The van der Waals surface area contributed by atoms with Crippen molar-refractivity contribution in [3.8, 4) is 5.75 Å². The van der Waals surface area contributed by atoms with Crippen molar-refractivity contribution >= 4 is 5.78 Å². The molecule has 0 aromatic carbocycles. The van der Waals surface area contributed by atoms with Gasteiger partial charge in [-0.05, 0) is 19.1 Å². The van der Waals surface area contributed by atoms with Crippen LogP contribution < -0.4 is 4.74 Å². The molecule has 0 bridgehead atoms. The lowest BCUT2D eigenvalue weighted by Crippen LogP contribution is -2.08. The first-order valence-corrected chi connectivity index (χ1v) is 4.89. The van der Waals surface area contributed by atoms with E-state index >= 15 is 0 Å². The molecule has 0 atom stereocenters. The van der Waals surface area contributed by atoms with Crippen molar-refractivity contribution in [3.63, 3.8) is 0 Å². The summed E-state index contributed by atoms with van der Waals surface area (Å²) >= 11 is 0. The minimum Gasteiger partial charge on any atom is -0.494 e. The average Bonchev–Trinajstić information content (AvgIpc) is 2.29. The molecule has 0 radical (unpaired) electrons. The first-order chi connectivity index (χ1) is 7.29. The zero-order valence-corrected chi connectivity index (χ0v) is 9.03. The van der Waals surface area contributed by atoms with Gasteiger partial charge in [-0.1, -0.05) is 0 Å². The van der Waals surface area contributed by atoms with Crippen LogP contribution in [0.25, 0.3) is 0 Å². The Bertz CT molecular complexity index is 325. The van der Waals surface area contributed by atoms with Crippen molar-refractivity contribution in [2.24, 2.45) is 0 Å². The molecule has 82 valence electrons. The number of aromatic nitrogens is 1. The molecule has 0 amide bonds. The zero-order valence-electron chi connectivity index (χ0n) is 9.03. The number of hydrogen-bond donors (Lipinski definition) is 0. The maximum Gasteiger partial charge on any atom is 0.187 e. The molecule has 0 N–H and O–H groups in total. The van der Waals surface area contributed by atoms with Gasteiger partial charge in [-0.2, -0.15) is 0 Å². The van der Waals surface area contributed by atoms with Crippen LogP contribution in [0.5, 0.6) is 5.75 Å². The van der Waals surface area contributed by atoms with Crippen LogP contribution in [-0.2, 0) is 4.74 Å². The van der Waals surface area contributed by atoms with Gasteiger partial charge in [0.15, 0.2) is 5.78 Å². The van der Waals surface area contributed by atoms with E-state index in [2.05, 4.69) is 4.98 Å². The molecule has 1 aromatic heterocycles. The molecule has 4 heteroatoms. The Labute approximate surface area is 89.2 Å². The van der Waals surface area contributed by atoms with Gasteiger partial charge in [0.2, 0.25) is 0 Å². The number of methoxy groups -OCH3 is 1. The van der Waals surface area contributed by atoms with Gasteiger partial charge in [0, 0.05) is 19.2 Å². The molecule has 0 aliphatic rings. The summed E-state index contributed by atoms with van der Waals surface area (Å²) in [7, 11) is 1.52. The summed E-state index contributed by atoms with van der Waals surface area (Å²) in [5.41, 5.74) is 0.375. The third-order valence-corrected chi connectivity index (χ3v) is 1.93. The number of nitrogens with zero attached hydrogens (tertiary/aromatic N) is 1.